The van der Waals surface area contributed by atoms with Crippen molar-refractivity contribution in [2.24, 2.45) is 5.10 Å². The van der Waals surface area contributed by atoms with Crippen LogP contribution >= 0.6 is 0 Å². The van der Waals surface area contributed by atoms with Crippen molar-refractivity contribution < 1.29 is 28.5 Å². The van der Waals surface area contributed by atoms with E-state index in [4.69, 9.17) is 9.15 Å². The minimum absolute atomic E-state index is 0.106. The molecule has 184 valence electrons. The van der Waals surface area contributed by atoms with Crippen molar-refractivity contribution >= 4 is 35.4 Å². The topological polar surface area (TPSA) is 153 Å². The number of esters is 1. The first kappa shape index (κ1) is 24.5. The van der Waals surface area contributed by atoms with Gasteiger partial charge < -0.3 is 14.5 Å². The number of ether oxygens (including phenoxy) is 1. The van der Waals surface area contributed by atoms with E-state index in [1.54, 1.807) is 24.3 Å². The molecule has 0 spiro atoms. The molecule has 11 heteroatoms. The van der Waals surface area contributed by atoms with Gasteiger partial charge in [-0.1, -0.05) is 24.3 Å². The van der Waals surface area contributed by atoms with E-state index in [0.717, 1.165) is 6.21 Å². The fourth-order valence-electron chi connectivity index (χ4n) is 3.16. The molecule has 0 unspecified atom stereocenters. The maximum Gasteiger partial charge on any atom is 0.343 e. The highest BCUT2D eigenvalue weighted by Crippen LogP contribution is 2.30. The van der Waals surface area contributed by atoms with E-state index in [-0.39, 0.29) is 28.2 Å². The summed E-state index contributed by atoms with van der Waals surface area (Å²) in [7, 11) is 0. The van der Waals surface area contributed by atoms with Crippen LogP contribution in [-0.4, -0.2) is 28.9 Å². The van der Waals surface area contributed by atoms with Crippen molar-refractivity contribution in [2.75, 3.05) is 5.32 Å². The third kappa shape index (κ3) is 6.11. The Morgan fingerprint density at radius 3 is 2.30 bits per heavy atom. The molecule has 0 saturated carbocycles. The van der Waals surface area contributed by atoms with E-state index >= 15 is 0 Å². The largest absolute Gasteiger partial charge is 0.459 e. The molecule has 4 rings (SSSR count). The van der Waals surface area contributed by atoms with Crippen LogP contribution in [0.1, 0.15) is 36.8 Å². The lowest BCUT2D eigenvalue weighted by molar-refractivity contribution is -0.385. The predicted molar refractivity (Wildman–Crippen MR) is 133 cm³/mol. The molecule has 11 nitrogen and oxygen atoms in total. The minimum atomic E-state index is -0.784. The Balaban J connectivity index is 1.45. The van der Waals surface area contributed by atoms with Gasteiger partial charge in [-0.25, -0.2) is 10.2 Å². The molecule has 0 atom stereocenters. The van der Waals surface area contributed by atoms with Crippen LogP contribution in [-0.2, 0) is 0 Å². The van der Waals surface area contributed by atoms with Gasteiger partial charge in [-0.2, -0.15) is 5.10 Å². The van der Waals surface area contributed by atoms with Gasteiger partial charge in [0.1, 0.15) is 0 Å². The smallest absolute Gasteiger partial charge is 0.343 e. The van der Waals surface area contributed by atoms with Crippen molar-refractivity contribution in [2.45, 2.75) is 0 Å². The molecule has 0 aliphatic rings. The number of rotatable bonds is 8. The average molecular weight is 498 g/mol. The standard InChI is InChI=1S/C26H18N4O7/c31-24(17-11-13-20(14-12-17)28-25(32)22-10-5-15-36-22)29-27-16-19-8-4-9-21(30(34)35)23(19)37-26(33)18-6-2-1-3-7-18/h1-16H,(H,28,32)(H,29,31)/b27-16+. The quantitative estimate of drug-likeness (QED) is 0.120. The second-order valence-corrected chi connectivity index (χ2v) is 7.42. The summed E-state index contributed by atoms with van der Waals surface area (Å²) in [5.41, 5.74) is 2.87. The molecule has 3 aromatic carbocycles. The number of benzene rings is 3. The van der Waals surface area contributed by atoms with Crippen LogP contribution in [0.4, 0.5) is 11.4 Å². The summed E-state index contributed by atoms with van der Waals surface area (Å²) in [4.78, 5) is 47.8. The van der Waals surface area contributed by atoms with E-state index in [2.05, 4.69) is 15.8 Å². The normalized spacial score (nSPS) is 10.6. The lowest BCUT2D eigenvalue weighted by Gasteiger charge is -2.08. The molecular weight excluding hydrogens is 480 g/mol. The van der Waals surface area contributed by atoms with Gasteiger partial charge in [0.05, 0.1) is 23.0 Å². The highest BCUT2D eigenvalue weighted by molar-refractivity contribution is 6.02. The number of nitrogens with zero attached hydrogens (tertiary/aromatic N) is 2. The molecule has 2 N–H and O–H groups in total. The summed E-state index contributed by atoms with van der Waals surface area (Å²) in [6.45, 7) is 0. The first-order chi connectivity index (χ1) is 17.9. The van der Waals surface area contributed by atoms with Crippen molar-refractivity contribution in [3.63, 3.8) is 0 Å². The molecular formula is C26H18N4O7. The van der Waals surface area contributed by atoms with Gasteiger partial charge in [0, 0.05) is 22.9 Å². The molecule has 1 aromatic heterocycles. The second kappa shape index (κ2) is 11.2. The average Bonchev–Trinajstić information content (AvgIpc) is 3.45. The van der Waals surface area contributed by atoms with Crippen molar-refractivity contribution in [3.05, 3.63) is 124 Å². The number of carbonyl (C=O) groups is 3. The minimum Gasteiger partial charge on any atom is -0.459 e. The summed E-state index contributed by atoms with van der Waals surface area (Å²) in [6, 6.07) is 21.2. The van der Waals surface area contributed by atoms with Gasteiger partial charge in [0.2, 0.25) is 5.75 Å². The fraction of sp³-hybridized carbons (Fsp3) is 0. The Morgan fingerprint density at radius 2 is 1.62 bits per heavy atom. The number of furan rings is 1. The molecule has 0 bridgehead atoms. The van der Waals surface area contributed by atoms with Gasteiger partial charge in [-0.05, 0) is 54.6 Å². The third-order valence-corrected chi connectivity index (χ3v) is 4.95. The van der Waals surface area contributed by atoms with Gasteiger partial charge in [0.15, 0.2) is 5.76 Å². The van der Waals surface area contributed by atoms with Gasteiger partial charge >= 0.3 is 11.7 Å². The Morgan fingerprint density at radius 1 is 0.865 bits per heavy atom. The Hall–Kier alpha value is -5.58. The maximum atomic E-state index is 12.5. The van der Waals surface area contributed by atoms with Crippen LogP contribution in [0, 0.1) is 10.1 Å². The number of amides is 2. The highest BCUT2D eigenvalue weighted by Gasteiger charge is 2.22. The number of anilines is 1. The fourth-order valence-corrected chi connectivity index (χ4v) is 3.16. The van der Waals surface area contributed by atoms with Crippen LogP contribution in [0.5, 0.6) is 5.75 Å². The van der Waals surface area contributed by atoms with E-state index in [0.29, 0.717) is 5.69 Å². The molecule has 0 fully saturated rings. The monoisotopic (exact) mass is 498 g/mol. The summed E-state index contributed by atoms with van der Waals surface area (Å²) >= 11 is 0. The molecule has 1 heterocycles. The first-order valence-corrected chi connectivity index (χ1v) is 10.8. The number of nitrogens with one attached hydrogen (secondary N) is 2. The van der Waals surface area contributed by atoms with Crippen LogP contribution in [0.2, 0.25) is 0 Å². The Bertz CT molecular complexity index is 1460. The van der Waals surface area contributed by atoms with E-state index in [9.17, 15) is 24.5 Å². The van der Waals surface area contributed by atoms with Crippen LogP contribution < -0.4 is 15.5 Å². The number of para-hydroxylation sites is 1. The summed E-state index contributed by atoms with van der Waals surface area (Å²) in [6.07, 6.45) is 2.52. The maximum absolute atomic E-state index is 12.5. The third-order valence-electron chi connectivity index (χ3n) is 4.95. The lowest BCUT2D eigenvalue weighted by atomic mass is 10.2. The molecule has 2 amide bonds. The van der Waals surface area contributed by atoms with E-state index < -0.39 is 28.4 Å². The number of hydrazone groups is 1. The van der Waals surface area contributed by atoms with Crippen LogP contribution in [0.3, 0.4) is 0 Å². The van der Waals surface area contributed by atoms with Crippen molar-refractivity contribution in [1.29, 1.82) is 0 Å². The van der Waals surface area contributed by atoms with E-state index in [1.807, 2.05) is 0 Å². The molecule has 0 radical (unpaired) electrons. The zero-order chi connectivity index (χ0) is 26.2. The van der Waals surface area contributed by atoms with Crippen molar-refractivity contribution in [1.82, 2.24) is 5.43 Å². The lowest BCUT2D eigenvalue weighted by Crippen LogP contribution is -2.18. The molecule has 0 aliphatic heterocycles. The van der Waals surface area contributed by atoms with Crippen molar-refractivity contribution in [3.8, 4) is 5.75 Å². The highest BCUT2D eigenvalue weighted by atomic mass is 16.6. The summed E-state index contributed by atoms with van der Waals surface area (Å²) in [5.74, 6) is -1.96. The number of hydrogen-bond donors (Lipinski definition) is 2. The van der Waals surface area contributed by atoms with Gasteiger partial charge in [-0.3, -0.25) is 19.7 Å². The molecule has 0 aliphatic carbocycles. The van der Waals surface area contributed by atoms with Crippen LogP contribution in [0.15, 0.2) is 101 Å². The van der Waals surface area contributed by atoms with E-state index in [1.165, 1.54) is 66.9 Å². The first-order valence-electron chi connectivity index (χ1n) is 10.8. The number of hydrogen-bond acceptors (Lipinski definition) is 8. The van der Waals surface area contributed by atoms with Gasteiger partial charge in [0.25, 0.3) is 11.8 Å². The SMILES string of the molecule is O=C(N/N=C/c1cccc([N+](=O)[O-])c1OC(=O)c1ccccc1)c1ccc(NC(=O)c2ccco2)cc1. The Labute approximate surface area is 209 Å². The van der Waals surface area contributed by atoms with Crippen LogP contribution in [0.25, 0.3) is 0 Å². The van der Waals surface area contributed by atoms with Gasteiger partial charge in [-0.15, -0.1) is 0 Å². The molecule has 37 heavy (non-hydrogen) atoms. The number of nitro benzene ring substituents is 1. The zero-order valence-electron chi connectivity index (χ0n) is 19.0. The molecule has 0 saturated heterocycles. The summed E-state index contributed by atoms with van der Waals surface area (Å²) < 4.78 is 10.3. The summed E-state index contributed by atoms with van der Waals surface area (Å²) in [5, 5.41) is 18.0. The molecule has 4 aromatic rings. The predicted octanol–water partition coefficient (Wildman–Crippen LogP) is 4.42. The Kier molecular flexibility index (Phi) is 7.45. The second-order valence-electron chi connectivity index (χ2n) is 7.42. The number of carbonyl (C=O) groups excluding carboxylic acids is 3. The number of nitro groups is 1. The zero-order valence-corrected chi connectivity index (χ0v) is 19.0.